The van der Waals surface area contributed by atoms with Gasteiger partial charge in [-0.15, -0.1) is 12.4 Å². The summed E-state index contributed by atoms with van der Waals surface area (Å²) in [6.45, 7) is 18.0. The van der Waals surface area contributed by atoms with E-state index in [4.69, 9.17) is 4.43 Å². The number of rotatable bonds is 3. The molecule has 0 aromatic carbocycles. The lowest BCUT2D eigenvalue weighted by molar-refractivity contribution is -0.126. The molecule has 0 aromatic heterocycles. The molecule has 2 N–H and O–H groups in total. The SMILES string of the molecule is CC(C)(C)NC(=O)[C@H]1NCC[C@H]1O[Si](C)(C)C(C)(C)C.Cl. The van der Waals surface area contributed by atoms with Crippen molar-refractivity contribution in [3.05, 3.63) is 0 Å². The van der Waals surface area contributed by atoms with Gasteiger partial charge in [0, 0.05) is 5.54 Å². The first-order valence-corrected chi connectivity index (χ1v) is 10.5. The van der Waals surface area contributed by atoms with Crippen LogP contribution in [0.15, 0.2) is 0 Å². The van der Waals surface area contributed by atoms with Gasteiger partial charge in [0.15, 0.2) is 8.32 Å². The van der Waals surface area contributed by atoms with Gasteiger partial charge >= 0.3 is 0 Å². The van der Waals surface area contributed by atoms with E-state index < -0.39 is 8.32 Å². The Morgan fingerprint density at radius 2 is 1.71 bits per heavy atom. The number of amides is 1. The first kappa shape index (κ1) is 20.9. The summed E-state index contributed by atoms with van der Waals surface area (Å²) in [5.74, 6) is 0.0544. The summed E-state index contributed by atoms with van der Waals surface area (Å²) in [5, 5.41) is 6.51. The number of nitrogens with one attached hydrogen (secondary N) is 2. The first-order chi connectivity index (χ1) is 8.83. The summed E-state index contributed by atoms with van der Waals surface area (Å²) in [4.78, 5) is 12.4. The summed E-state index contributed by atoms with van der Waals surface area (Å²) in [6.07, 6.45) is 0.910. The molecule has 0 saturated carbocycles. The second kappa shape index (κ2) is 6.98. The van der Waals surface area contributed by atoms with Gasteiger partial charge in [-0.05, 0) is 51.9 Å². The Hall–Kier alpha value is -0.103. The topological polar surface area (TPSA) is 50.4 Å². The van der Waals surface area contributed by atoms with Gasteiger partial charge in [-0.1, -0.05) is 20.8 Å². The van der Waals surface area contributed by atoms with E-state index in [1.54, 1.807) is 0 Å². The van der Waals surface area contributed by atoms with E-state index in [0.717, 1.165) is 13.0 Å². The molecule has 21 heavy (non-hydrogen) atoms. The van der Waals surface area contributed by atoms with E-state index in [-0.39, 0.29) is 41.0 Å². The summed E-state index contributed by atoms with van der Waals surface area (Å²) >= 11 is 0. The third-order valence-corrected chi connectivity index (χ3v) is 8.70. The predicted molar refractivity (Wildman–Crippen MR) is 93.6 cm³/mol. The summed E-state index contributed by atoms with van der Waals surface area (Å²) in [5.41, 5.74) is -0.205. The van der Waals surface area contributed by atoms with E-state index in [1.165, 1.54) is 0 Å². The molecule has 1 saturated heterocycles. The maximum atomic E-state index is 12.4. The number of hydrogen-bond donors (Lipinski definition) is 2. The normalized spacial score (nSPS) is 23.6. The fourth-order valence-electron chi connectivity index (χ4n) is 2.07. The fourth-order valence-corrected chi connectivity index (χ4v) is 3.43. The highest BCUT2D eigenvalue weighted by atomic mass is 35.5. The van der Waals surface area contributed by atoms with Gasteiger partial charge in [-0.25, -0.2) is 0 Å². The average molecular weight is 337 g/mol. The second-order valence-corrected chi connectivity index (χ2v) is 13.1. The second-order valence-electron chi connectivity index (χ2n) is 8.38. The zero-order valence-corrected chi connectivity index (χ0v) is 16.6. The van der Waals surface area contributed by atoms with Crippen molar-refractivity contribution in [3.8, 4) is 0 Å². The largest absolute Gasteiger partial charge is 0.412 e. The van der Waals surface area contributed by atoms with Gasteiger partial charge in [0.2, 0.25) is 5.91 Å². The molecule has 0 aromatic rings. The lowest BCUT2D eigenvalue weighted by Gasteiger charge is -2.39. The molecule has 1 aliphatic rings. The molecular weight excluding hydrogens is 304 g/mol. The highest BCUT2D eigenvalue weighted by molar-refractivity contribution is 6.74. The Morgan fingerprint density at radius 1 is 1.19 bits per heavy atom. The molecule has 126 valence electrons. The first-order valence-electron chi connectivity index (χ1n) is 7.57. The van der Waals surface area contributed by atoms with Gasteiger partial charge in [0.25, 0.3) is 0 Å². The zero-order valence-electron chi connectivity index (χ0n) is 14.8. The van der Waals surface area contributed by atoms with Crippen molar-refractivity contribution in [2.75, 3.05) is 6.54 Å². The molecule has 2 atom stereocenters. The van der Waals surface area contributed by atoms with E-state index >= 15 is 0 Å². The summed E-state index contributed by atoms with van der Waals surface area (Å²) in [7, 11) is -1.84. The quantitative estimate of drug-likeness (QED) is 0.779. The maximum absolute atomic E-state index is 12.4. The molecule has 1 heterocycles. The van der Waals surface area contributed by atoms with Crippen molar-refractivity contribution in [1.29, 1.82) is 0 Å². The van der Waals surface area contributed by atoms with Crippen molar-refractivity contribution < 1.29 is 9.22 Å². The van der Waals surface area contributed by atoms with Crippen LogP contribution in [0.3, 0.4) is 0 Å². The van der Waals surface area contributed by atoms with Crippen LogP contribution in [0.25, 0.3) is 0 Å². The van der Waals surface area contributed by atoms with Crippen LogP contribution in [0, 0.1) is 0 Å². The maximum Gasteiger partial charge on any atom is 0.240 e. The van der Waals surface area contributed by atoms with E-state index in [0.29, 0.717) is 0 Å². The standard InChI is InChI=1S/C15H32N2O2Si.ClH/c1-14(2,3)17-13(18)12-11(9-10-16-12)19-20(7,8)15(4,5)6;/h11-12,16H,9-10H2,1-8H3,(H,17,18);1H/t11-,12+;/m1./s1. The molecular formula is C15H33ClN2O2Si. The van der Waals surface area contributed by atoms with E-state index in [2.05, 4.69) is 44.5 Å². The summed E-state index contributed by atoms with van der Waals surface area (Å²) < 4.78 is 6.43. The molecule has 1 amide bonds. The fraction of sp³-hybridized carbons (Fsp3) is 0.933. The van der Waals surface area contributed by atoms with Gasteiger partial charge in [-0.3, -0.25) is 4.79 Å². The molecule has 1 fully saturated rings. The van der Waals surface area contributed by atoms with Gasteiger partial charge in [0.05, 0.1) is 6.10 Å². The lowest BCUT2D eigenvalue weighted by Crippen LogP contribution is -2.55. The molecule has 6 heteroatoms. The molecule has 0 unspecified atom stereocenters. The smallest absolute Gasteiger partial charge is 0.240 e. The van der Waals surface area contributed by atoms with Gasteiger partial charge in [0.1, 0.15) is 6.04 Å². The van der Waals surface area contributed by atoms with Gasteiger partial charge < -0.3 is 15.1 Å². The van der Waals surface area contributed by atoms with Crippen LogP contribution in [0.1, 0.15) is 48.0 Å². The monoisotopic (exact) mass is 336 g/mol. The molecule has 4 nitrogen and oxygen atoms in total. The zero-order chi connectivity index (χ0) is 15.8. The van der Waals surface area contributed by atoms with Crippen LogP contribution in [0.4, 0.5) is 0 Å². The molecule has 0 radical (unpaired) electrons. The van der Waals surface area contributed by atoms with Crippen molar-refractivity contribution in [3.63, 3.8) is 0 Å². The Labute approximate surface area is 137 Å². The number of halogens is 1. The lowest BCUT2D eigenvalue weighted by atomic mass is 10.1. The number of carbonyl (C=O) groups is 1. The highest BCUT2D eigenvalue weighted by Gasteiger charge is 2.43. The van der Waals surface area contributed by atoms with E-state index in [9.17, 15) is 4.79 Å². The van der Waals surface area contributed by atoms with Crippen molar-refractivity contribution in [2.24, 2.45) is 0 Å². The number of hydrogen-bond acceptors (Lipinski definition) is 3. The van der Waals surface area contributed by atoms with Crippen LogP contribution >= 0.6 is 12.4 Å². The average Bonchev–Trinajstić information content (AvgIpc) is 2.60. The molecule has 0 spiro atoms. The van der Waals surface area contributed by atoms with Crippen molar-refractivity contribution in [2.45, 2.75) is 83.8 Å². The Morgan fingerprint density at radius 3 is 2.14 bits per heavy atom. The van der Waals surface area contributed by atoms with Crippen LogP contribution < -0.4 is 10.6 Å². The minimum Gasteiger partial charge on any atom is -0.412 e. The molecule has 1 aliphatic heterocycles. The predicted octanol–water partition coefficient (Wildman–Crippen LogP) is 3.08. The molecule has 0 bridgehead atoms. The Bertz CT molecular complexity index is 362. The molecule has 0 aliphatic carbocycles. The Balaban J connectivity index is 0.00000400. The third-order valence-electron chi connectivity index (χ3n) is 4.20. The van der Waals surface area contributed by atoms with Crippen LogP contribution in [-0.4, -0.2) is 38.5 Å². The number of carbonyl (C=O) groups excluding carboxylic acids is 1. The Kier molecular flexibility index (Phi) is 6.95. The minimum atomic E-state index is -1.84. The van der Waals surface area contributed by atoms with Crippen LogP contribution in [-0.2, 0) is 9.22 Å². The van der Waals surface area contributed by atoms with Crippen molar-refractivity contribution in [1.82, 2.24) is 10.6 Å². The van der Waals surface area contributed by atoms with Crippen LogP contribution in [0.5, 0.6) is 0 Å². The van der Waals surface area contributed by atoms with Gasteiger partial charge in [-0.2, -0.15) is 0 Å². The third kappa shape index (κ3) is 5.89. The highest BCUT2D eigenvalue weighted by Crippen LogP contribution is 2.38. The van der Waals surface area contributed by atoms with Crippen LogP contribution in [0.2, 0.25) is 18.1 Å². The van der Waals surface area contributed by atoms with E-state index in [1.807, 2.05) is 20.8 Å². The molecule has 1 rings (SSSR count). The minimum absolute atomic E-state index is 0. The van der Waals surface area contributed by atoms with Crippen molar-refractivity contribution >= 4 is 26.6 Å². The summed E-state index contributed by atoms with van der Waals surface area (Å²) in [6, 6.07) is -0.219.